The summed E-state index contributed by atoms with van der Waals surface area (Å²) in [7, 11) is 1.55. The van der Waals surface area contributed by atoms with E-state index in [2.05, 4.69) is 4.98 Å². The SMILES string of the molecule is COc1ccc(C(=O)C2CC3COCC(C2)N3C(=O)OCc2ccccc2)c(C)n1. The van der Waals surface area contributed by atoms with Gasteiger partial charge in [0.25, 0.3) is 0 Å². The smallest absolute Gasteiger partial charge is 0.410 e. The molecule has 2 saturated heterocycles. The van der Waals surface area contributed by atoms with Crippen molar-refractivity contribution >= 4 is 11.9 Å². The first-order valence-corrected chi connectivity index (χ1v) is 10.2. The van der Waals surface area contributed by atoms with Crippen molar-refractivity contribution < 1.29 is 23.8 Å². The van der Waals surface area contributed by atoms with E-state index in [-0.39, 0.29) is 36.5 Å². The quantitative estimate of drug-likeness (QED) is 0.703. The maximum Gasteiger partial charge on any atom is 0.410 e. The summed E-state index contributed by atoms with van der Waals surface area (Å²) in [4.78, 5) is 32.1. The molecule has 2 unspecified atom stereocenters. The molecular formula is C23H26N2O5. The molecule has 0 N–H and O–H groups in total. The minimum atomic E-state index is -0.342. The zero-order chi connectivity index (χ0) is 21.1. The Morgan fingerprint density at radius 3 is 2.43 bits per heavy atom. The van der Waals surface area contributed by atoms with Crippen molar-refractivity contribution in [3.8, 4) is 5.88 Å². The maximum absolute atomic E-state index is 13.2. The maximum atomic E-state index is 13.2. The molecular weight excluding hydrogens is 384 g/mol. The lowest BCUT2D eigenvalue weighted by atomic mass is 9.80. The topological polar surface area (TPSA) is 78.0 Å². The summed E-state index contributed by atoms with van der Waals surface area (Å²) < 4.78 is 16.4. The van der Waals surface area contributed by atoms with Crippen LogP contribution in [-0.4, -0.2) is 54.2 Å². The Kier molecular flexibility index (Phi) is 5.99. The fraction of sp³-hybridized carbons (Fsp3) is 0.435. The number of morpholine rings is 1. The van der Waals surface area contributed by atoms with Crippen LogP contribution < -0.4 is 4.74 Å². The summed E-state index contributed by atoms with van der Waals surface area (Å²) in [5, 5.41) is 0. The number of Topliss-reactive ketones (excluding diaryl/α,β-unsaturated/α-hetero) is 1. The van der Waals surface area contributed by atoms with Gasteiger partial charge in [0.1, 0.15) is 6.61 Å². The molecule has 2 aliphatic rings. The molecule has 0 saturated carbocycles. The molecule has 0 aliphatic carbocycles. The fourth-order valence-corrected chi connectivity index (χ4v) is 4.35. The Balaban J connectivity index is 1.44. The number of ketones is 1. The first-order chi connectivity index (χ1) is 14.6. The lowest BCUT2D eigenvalue weighted by molar-refractivity contribution is -0.0755. The van der Waals surface area contributed by atoms with Crippen molar-refractivity contribution in [2.45, 2.75) is 38.5 Å². The Bertz CT molecular complexity index is 903. The number of carbonyl (C=O) groups excluding carboxylic acids is 2. The zero-order valence-corrected chi connectivity index (χ0v) is 17.2. The van der Waals surface area contributed by atoms with Crippen LogP contribution in [0, 0.1) is 12.8 Å². The van der Waals surface area contributed by atoms with Crippen LogP contribution >= 0.6 is 0 Å². The fourth-order valence-electron chi connectivity index (χ4n) is 4.35. The van der Waals surface area contributed by atoms with Crippen molar-refractivity contribution in [2.75, 3.05) is 20.3 Å². The average Bonchev–Trinajstić information content (AvgIpc) is 2.76. The van der Waals surface area contributed by atoms with Crippen molar-refractivity contribution in [1.29, 1.82) is 0 Å². The van der Waals surface area contributed by atoms with E-state index < -0.39 is 0 Å². The highest BCUT2D eigenvalue weighted by atomic mass is 16.6. The first kappa shape index (κ1) is 20.3. The highest BCUT2D eigenvalue weighted by molar-refractivity contribution is 5.99. The van der Waals surface area contributed by atoms with Gasteiger partial charge in [-0.15, -0.1) is 0 Å². The van der Waals surface area contributed by atoms with Gasteiger partial charge in [-0.1, -0.05) is 30.3 Å². The third-order valence-corrected chi connectivity index (χ3v) is 5.84. The number of rotatable bonds is 5. The zero-order valence-electron chi connectivity index (χ0n) is 17.2. The third kappa shape index (κ3) is 4.16. The van der Waals surface area contributed by atoms with Crippen LogP contribution in [0.3, 0.4) is 0 Å². The van der Waals surface area contributed by atoms with Gasteiger partial charge >= 0.3 is 6.09 Å². The van der Waals surface area contributed by atoms with Crippen LogP contribution in [0.2, 0.25) is 0 Å². The van der Waals surface area contributed by atoms with Gasteiger partial charge in [0.2, 0.25) is 5.88 Å². The van der Waals surface area contributed by atoms with Gasteiger partial charge in [-0.25, -0.2) is 9.78 Å². The Labute approximate surface area is 175 Å². The van der Waals surface area contributed by atoms with Gasteiger partial charge in [0, 0.05) is 17.5 Å². The molecule has 2 fully saturated rings. The number of benzene rings is 1. The molecule has 30 heavy (non-hydrogen) atoms. The van der Waals surface area contributed by atoms with Gasteiger partial charge < -0.3 is 14.2 Å². The van der Waals surface area contributed by atoms with E-state index >= 15 is 0 Å². The molecule has 4 rings (SSSR count). The first-order valence-electron chi connectivity index (χ1n) is 10.2. The van der Waals surface area contributed by atoms with Crippen molar-refractivity contribution in [2.24, 2.45) is 5.92 Å². The molecule has 2 atom stereocenters. The summed E-state index contributed by atoms with van der Waals surface area (Å²) in [6, 6.07) is 12.8. The van der Waals surface area contributed by atoms with E-state index in [9.17, 15) is 9.59 Å². The van der Waals surface area contributed by atoms with Crippen LogP contribution in [0.15, 0.2) is 42.5 Å². The minimum Gasteiger partial charge on any atom is -0.481 e. The number of nitrogens with zero attached hydrogens (tertiary/aromatic N) is 2. The van der Waals surface area contributed by atoms with Crippen molar-refractivity contribution in [1.82, 2.24) is 9.88 Å². The van der Waals surface area contributed by atoms with E-state index in [4.69, 9.17) is 14.2 Å². The van der Waals surface area contributed by atoms with Gasteiger partial charge in [-0.2, -0.15) is 0 Å². The van der Waals surface area contributed by atoms with Crippen LogP contribution in [0.4, 0.5) is 4.79 Å². The molecule has 0 spiro atoms. The normalized spacial score (nSPS) is 23.0. The van der Waals surface area contributed by atoms with E-state index in [1.807, 2.05) is 37.3 Å². The number of aryl methyl sites for hydroxylation is 1. The number of methoxy groups -OCH3 is 1. The molecule has 1 aromatic heterocycles. The van der Waals surface area contributed by atoms with Crippen LogP contribution in [0.1, 0.15) is 34.5 Å². The minimum absolute atomic E-state index is 0.0665. The molecule has 2 aliphatic heterocycles. The van der Waals surface area contributed by atoms with Crippen LogP contribution in [0.25, 0.3) is 0 Å². The van der Waals surface area contributed by atoms with Gasteiger partial charge in [-0.05, 0) is 31.4 Å². The summed E-state index contributed by atoms with van der Waals surface area (Å²) in [6.07, 6.45) is 0.771. The van der Waals surface area contributed by atoms with E-state index in [0.717, 1.165) is 5.56 Å². The number of fused-ring (bicyclic) bond motifs is 2. The van der Waals surface area contributed by atoms with Crippen LogP contribution in [-0.2, 0) is 16.1 Å². The molecule has 1 amide bonds. The van der Waals surface area contributed by atoms with E-state index in [1.165, 1.54) is 0 Å². The van der Waals surface area contributed by atoms with Gasteiger partial charge in [-0.3, -0.25) is 9.69 Å². The number of aromatic nitrogens is 1. The Hall–Kier alpha value is -2.93. The predicted octanol–water partition coefficient (Wildman–Crippen LogP) is 3.40. The molecule has 1 aromatic carbocycles. The van der Waals surface area contributed by atoms with Crippen molar-refractivity contribution in [3.63, 3.8) is 0 Å². The average molecular weight is 410 g/mol. The number of amides is 1. The van der Waals surface area contributed by atoms with E-state index in [1.54, 1.807) is 24.1 Å². The summed E-state index contributed by atoms with van der Waals surface area (Å²) in [6.45, 7) is 2.88. The molecule has 3 heterocycles. The number of piperidine rings is 1. The summed E-state index contributed by atoms with van der Waals surface area (Å²) in [5.41, 5.74) is 2.21. The van der Waals surface area contributed by atoms with Crippen molar-refractivity contribution in [3.05, 3.63) is 59.3 Å². The lowest BCUT2D eigenvalue weighted by Crippen LogP contribution is -2.60. The second kappa shape index (κ2) is 8.83. The largest absolute Gasteiger partial charge is 0.481 e. The second-order valence-corrected chi connectivity index (χ2v) is 7.81. The van der Waals surface area contributed by atoms with E-state index in [0.29, 0.717) is 43.2 Å². The highest BCUT2D eigenvalue weighted by Gasteiger charge is 2.44. The monoisotopic (exact) mass is 410 g/mol. The molecule has 0 radical (unpaired) electrons. The second-order valence-electron chi connectivity index (χ2n) is 7.81. The Morgan fingerprint density at radius 2 is 1.80 bits per heavy atom. The van der Waals surface area contributed by atoms with Gasteiger partial charge in [0.05, 0.1) is 38.1 Å². The third-order valence-electron chi connectivity index (χ3n) is 5.84. The molecule has 158 valence electrons. The molecule has 7 heteroatoms. The number of hydrogen-bond acceptors (Lipinski definition) is 6. The predicted molar refractivity (Wildman–Crippen MR) is 109 cm³/mol. The lowest BCUT2D eigenvalue weighted by Gasteiger charge is -2.47. The number of ether oxygens (including phenoxy) is 3. The standard InChI is InChI=1S/C23H26N2O5/c1-15-20(8-9-21(24-15)28-2)22(26)17-10-18-13-29-14-19(11-17)25(18)23(27)30-12-16-6-4-3-5-7-16/h3-9,17-19H,10-14H2,1-2H3. The number of carbonyl (C=O) groups is 2. The van der Waals surface area contributed by atoms with Gasteiger partial charge in [0.15, 0.2) is 5.78 Å². The molecule has 2 bridgehead atoms. The molecule has 7 nitrogen and oxygen atoms in total. The number of hydrogen-bond donors (Lipinski definition) is 0. The molecule has 2 aromatic rings. The summed E-state index contributed by atoms with van der Waals surface area (Å²) in [5.74, 6) is 0.387. The number of pyridine rings is 1. The summed E-state index contributed by atoms with van der Waals surface area (Å²) >= 11 is 0. The highest BCUT2D eigenvalue weighted by Crippen LogP contribution is 2.34. The van der Waals surface area contributed by atoms with Crippen LogP contribution in [0.5, 0.6) is 5.88 Å². The Morgan fingerprint density at radius 1 is 1.10 bits per heavy atom.